The van der Waals surface area contributed by atoms with Gasteiger partial charge in [-0.1, -0.05) is 6.07 Å². The van der Waals surface area contributed by atoms with Crippen LogP contribution in [0.1, 0.15) is 4.88 Å². The number of piperazine rings is 1. The van der Waals surface area contributed by atoms with Crippen LogP contribution < -0.4 is 5.32 Å². The summed E-state index contributed by atoms with van der Waals surface area (Å²) in [6.07, 6.45) is 1.99. The van der Waals surface area contributed by atoms with E-state index in [1.807, 2.05) is 11.1 Å². The highest BCUT2D eigenvalue weighted by molar-refractivity contribution is 7.20. The molecule has 1 N–H and O–H groups in total. The van der Waals surface area contributed by atoms with Crippen LogP contribution in [0.5, 0.6) is 0 Å². The maximum absolute atomic E-state index is 11.6. The third-order valence-corrected chi connectivity index (χ3v) is 6.00. The minimum absolute atomic E-state index is 0.0948. The number of carbonyl (C=O) groups is 1. The fourth-order valence-corrected chi connectivity index (χ4v) is 4.69. The fraction of sp³-hybridized carbons (Fsp3) is 0.429. The van der Waals surface area contributed by atoms with Gasteiger partial charge in [-0.05, 0) is 11.4 Å². The molecule has 2 aromatic rings. The quantitative estimate of drug-likeness (QED) is 0.942. The van der Waals surface area contributed by atoms with Crippen molar-refractivity contribution in [1.29, 1.82) is 0 Å². The highest BCUT2D eigenvalue weighted by atomic mass is 32.1. The van der Waals surface area contributed by atoms with E-state index in [0.717, 1.165) is 37.7 Å². The Labute approximate surface area is 131 Å². The summed E-state index contributed by atoms with van der Waals surface area (Å²) >= 11 is 3.50. The lowest BCUT2D eigenvalue weighted by molar-refractivity contribution is 0.117. The second-order valence-corrected chi connectivity index (χ2v) is 7.44. The van der Waals surface area contributed by atoms with Crippen LogP contribution in [0.4, 0.5) is 4.79 Å². The Morgan fingerprint density at radius 2 is 2.38 bits per heavy atom. The first-order chi connectivity index (χ1) is 10.3. The van der Waals surface area contributed by atoms with Gasteiger partial charge in [0.15, 0.2) is 0 Å². The lowest BCUT2D eigenvalue weighted by Gasteiger charge is -2.36. The van der Waals surface area contributed by atoms with Crippen molar-refractivity contribution in [2.75, 3.05) is 26.2 Å². The van der Waals surface area contributed by atoms with E-state index in [-0.39, 0.29) is 6.03 Å². The van der Waals surface area contributed by atoms with Gasteiger partial charge in [0, 0.05) is 43.8 Å². The Kier molecular flexibility index (Phi) is 3.40. The van der Waals surface area contributed by atoms with Crippen molar-refractivity contribution in [3.8, 4) is 9.88 Å². The number of hydrogen-bond acceptors (Lipinski definition) is 5. The van der Waals surface area contributed by atoms with E-state index >= 15 is 0 Å². The fourth-order valence-electron chi connectivity index (χ4n) is 2.93. The second-order valence-electron chi connectivity index (χ2n) is 5.38. The maximum Gasteiger partial charge on any atom is 0.317 e. The molecule has 2 aromatic heterocycles. The molecule has 2 aliphatic rings. The molecule has 0 unspecified atom stereocenters. The van der Waals surface area contributed by atoms with Gasteiger partial charge >= 0.3 is 6.03 Å². The molecule has 0 aromatic carbocycles. The third kappa shape index (κ3) is 2.56. The first kappa shape index (κ1) is 13.2. The number of rotatable bonds is 3. The second kappa shape index (κ2) is 5.40. The Morgan fingerprint density at radius 3 is 3.24 bits per heavy atom. The van der Waals surface area contributed by atoms with Gasteiger partial charge in [0.05, 0.1) is 10.9 Å². The summed E-state index contributed by atoms with van der Waals surface area (Å²) < 4.78 is 0. The molecule has 0 aliphatic carbocycles. The van der Waals surface area contributed by atoms with Crippen molar-refractivity contribution in [3.63, 3.8) is 0 Å². The zero-order chi connectivity index (χ0) is 14.2. The number of nitrogens with one attached hydrogen (secondary N) is 1. The Morgan fingerprint density at radius 1 is 1.43 bits per heavy atom. The highest BCUT2D eigenvalue weighted by Gasteiger charge is 2.35. The van der Waals surface area contributed by atoms with Crippen LogP contribution in [0.25, 0.3) is 9.88 Å². The number of fused-ring (bicyclic) bond motifs is 1. The van der Waals surface area contributed by atoms with E-state index in [4.69, 9.17) is 0 Å². The molecule has 0 bridgehead atoms. The van der Waals surface area contributed by atoms with Gasteiger partial charge < -0.3 is 10.2 Å². The first-order valence-electron chi connectivity index (χ1n) is 7.05. The van der Waals surface area contributed by atoms with E-state index in [9.17, 15) is 4.79 Å². The largest absolute Gasteiger partial charge is 0.336 e. The topological polar surface area (TPSA) is 48.5 Å². The number of thiazole rings is 1. The van der Waals surface area contributed by atoms with Gasteiger partial charge in [-0.3, -0.25) is 4.90 Å². The zero-order valence-electron chi connectivity index (χ0n) is 11.5. The minimum Gasteiger partial charge on any atom is -0.336 e. The normalized spacial score (nSPS) is 22.4. The molecule has 2 saturated heterocycles. The molecule has 110 valence electrons. The van der Waals surface area contributed by atoms with Gasteiger partial charge in [0.2, 0.25) is 0 Å². The summed E-state index contributed by atoms with van der Waals surface area (Å²) in [5, 5.41) is 6.11. The van der Waals surface area contributed by atoms with Crippen molar-refractivity contribution in [1.82, 2.24) is 20.1 Å². The predicted octanol–water partition coefficient (Wildman–Crippen LogP) is 2.08. The molecule has 7 heteroatoms. The van der Waals surface area contributed by atoms with Gasteiger partial charge in [-0.2, -0.15) is 0 Å². The molecule has 21 heavy (non-hydrogen) atoms. The number of urea groups is 1. The maximum atomic E-state index is 11.6. The molecule has 0 radical (unpaired) electrons. The van der Waals surface area contributed by atoms with E-state index in [0.29, 0.717) is 6.04 Å². The molecule has 2 aliphatic heterocycles. The van der Waals surface area contributed by atoms with E-state index < -0.39 is 0 Å². The van der Waals surface area contributed by atoms with Crippen LogP contribution in [0.15, 0.2) is 23.7 Å². The van der Waals surface area contributed by atoms with Gasteiger partial charge in [-0.15, -0.1) is 22.7 Å². The molecule has 0 spiro atoms. The van der Waals surface area contributed by atoms with Crippen molar-refractivity contribution in [2.24, 2.45) is 0 Å². The zero-order valence-corrected chi connectivity index (χ0v) is 13.1. The molecule has 4 rings (SSSR count). The predicted molar refractivity (Wildman–Crippen MR) is 84.6 cm³/mol. The standard InChI is InChI=1S/C14H16N4OS2/c19-14-16-6-10-8-17(3-4-18(10)14)9-11-7-15-13(21-11)12-2-1-5-20-12/h1-2,5,7,10H,3-4,6,8-9H2,(H,16,19)/t10-/m0/s1. The number of nitrogens with zero attached hydrogens (tertiary/aromatic N) is 3. The van der Waals surface area contributed by atoms with Crippen LogP contribution in [-0.2, 0) is 6.54 Å². The number of hydrogen-bond donors (Lipinski definition) is 1. The monoisotopic (exact) mass is 320 g/mol. The Bertz CT molecular complexity index is 639. The molecule has 2 amide bonds. The van der Waals surface area contributed by atoms with E-state index in [1.165, 1.54) is 9.75 Å². The summed E-state index contributed by atoms with van der Waals surface area (Å²) in [6.45, 7) is 4.42. The van der Waals surface area contributed by atoms with Crippen molar-refractivity contribution in [2.45, 2.75) is 12.6 Å². The summed E-state index contributed by atoms with van der Waals surface area (Å²) in [4.78, 5) is 23.0. The minimum atomic E-state index is 0.0948. The van der Waals surface area contributed by atoms with Crippen LogP contribution in [-0.4, -0.2) is 53.0 Å². The molecule has 1 atom stereocenters. The SMILES string of the molecule is O=C1NC[C@H]2CN(Cc3cnc(-c4cccs4)s3)CCN12. The molecule has 4 heterocycles. The average molecular weight is 320 g/mol. The van der Waals surface area contributed by atoms with Gasteiger partial charge in [-0.25, -0.2) is 9.78 Å². The lowest BCUT2D eigenvalue weighted by atomic mass is 10.2. The van der Waals surface area contributed by atoms with E-state index in [2.05, 4.69) is 32.7 Å². The van der Waals surface area contributed by atoms with Crippen LogP contribution in [0, 0.1) is 0 Å². The number of carbonyl (C=O) groups excluding carboxylic acids is 1. The van der Waals surface area contributed by atoms with Crippen molar-refractivity contribution in [3.05, 3.63) is 28.6 Å². The van der Waals surface area contributed by atoms with Crippen LogP contribution >= 0.6 is 22.7 Å². The lowest BCUT2D eigenvalue weighted by Crippen LogP contribution is -2.51. The molecule has 5 nitrogen and oxygen atoms in total. The summed E-state index contributed by atoms with van der Waals surface area (Å²) in [6, 6.07) is 4.60. The number of thiophene rings is 1. The average Bonchev–Trinajstić information content (AvgIpc) is 3.20. The molecule has 2 fully saturated rings. The third-order valence-electron chi connectivity index (χ3n) is 3.98. The smallest absolute Gasteiger partial charge is 0.317 e. The summed E-state index contributed by atoms with van der Waals surface area (Å²) in [5.41, 5.74) is 0. The summed E-state index contributed by atoms with van der Waals surface area (Å²) in [5.74, 6) is 0. The summed E-state index contributed by atoms with van der Waals surface area (Å²) in [7, 11) is 0. The van der Waals surface area contributed by atoms with Crippen LogP contribution in [0.2, 0.25) is 0 Å². The van der Waals surface area contributed by atoms with E-state index in [1.54, 1.807) is 22.7 Å². The number of aromatic nitrogens is 1. The first-order valence-corrected chi connectivity index (χ1v) is 8.74. The molecular formula is C14H16N4OS2. The molecule has 0 saturated carbocycles. The highest BCUT2D eigenvalue weighted by Crippen LogP contribution is 2.29. The number of amides is 2. The van der Waals surface area contributed by atoms with Crippen LogP contribution in [0.3, 0.4) is 0 Å². The van der Waals surface area contributed by atoms with Crippen molar-refractivity contribution >= 4 is 28.7 Å². The van der Waals surface area contributed by atoms with Gasteiger partial charge in [0.25, 0.3) is 0 Å². The Hall–Kier alpha value is -1.44. The molecular weight excluding hydrogens is 304 g/mol. The Balaban J connectivity index is 1.42. The van der Waals surface area contributed by atoms with Crippen molar-refractivity contribution < 1.29 is 4.79 Å². The van der Waals surface area contributed by atoms with Gasteiger partial charge in [0.1, 0.15) is 5.01 Å².